The van der Waals surface area contributed by atoms with E-state index in [4.69, 9.17) is 5.14 Å². The van der Waals surface area contributed by atoms with Crippen LogP contribution in [0.4, 0.5) is 18.9 Å². The predicted octanol–water partition coefficient (Wildman–Crippen LogP) is 2.16. The molecule has 2 aromatic carbocycles. The van der Waals surface area contributed by atoms with Crippen LogP contribution in [0, 0.1) is 6.92 Å². The van der Waals surface area contributed by atoms with Gasteiger partial charge in [0.15, 0.2) is 0 Å². The van der Waals surface area contributed by atoms with E-state index in [-0.39, 0.29) is 16.3 Å². The number of primary sulfonamides is 1. The lowest BCUT2D eigenvalue weighted by atomic mass is 10.1. The molecular weight excluding hydrogens is 383 g/mol. The first-order valence-corrected chi connectivity index (χ1v) is 9.32. The molecule has 1 heterocycles. The van der Waals surface area contributed by atoms with Crippen molar-refractivity contribution in [2.45, 2.75) is 23.7 Å². The third-order valence-corrected chi connectivity index (χ3v) is 5.10. The van der Waals surface area contributed by atoms with E-state index in [0.29, 0.717) is 5.69 Å². The highest BCUT2D eigenvalue weighted by molar-refractivity contribution is 7.89. The molecule has 0 amide bonds. The van der Waals surface area contributed by atoms with E-state index < -0.39 is 28.5 Å². The highest BCUT2D eigenvalue weighted by Gasteiger charge is 2.58. The molecule has 6 nitrogen and oxygen atoms in total. The van der Waals surface area contributed by atoms with Crippen molar-refractivity contribution in [1.29, 1.82) is 0 Å². The van der Waals surface area contributed by atoms with Crippen LogP contribution in [0.25, 0.3) is 0 Å². The lowest BCUT2D eigenvalue weighted by Gasteiger charge is -2.25. The van der Waals surface area contributed by atoms with Crippen molar-refractivity contribution in [2.24, 2.45) is 10.1 Å². The molecule has 0 aromatic heterocycles. The van der Waals surface area contributed by atoms with E-state index in [1.807, 2.05) is 6.92 Å². The Labute approximate surface area is 153 Å². The molecule has 144 valence electrons. The standard InChI is InChI=1S/C17H16F3N3O3S/c1-11-2-6-13(7-3-11)23-10-16(24,17(18,19)20)22-15(23)12-4-8-14(9-5-12)27(21,25)26/h2-9,24H,10H2,1H3,(H2,21,25,26). The second kappa shape index (κ2) is 6.32. The molecule has 0 spiro atoms. The van der Waals surface area contributed by atoms with Gasteiger partial charge in [-0.25, -0.2) is 18.5 Å². The number of benzene rings is 2. The van der Waals surface area contributed by atoms with Gasteiger partial charge in [0.1, 0.15) is 5.84 Å². The van der Waals surface area contributed by atoms with Gasteiger partial charge >= 0.3 is 6.18 Å². The van der Waals surface area contributed by atoms with Crippen LogP contribution in [0.3, 0.4) is 0 Å². The number of nitrogens with zero attached hydrogens (tertiary/aromatic N) is 2. The van der Waals surface area contributed by atoms with Crippen LogP contribution < -0.4 is 10.0 Å². The normalized spacial score (nSPS) is 20.7. The van der Waals surface area contributed by atoms with Gasteiger partial charge in [0, 0.05) is 11.3 Å². The van der Waals surface area contributed by atoms with Crippen LogP contribution in [0.2, 0.25) is 0 Å². The van der Waals surface area contributed by atoms with Gasteiger partial charge in [-0.2, -0.15) is 13.2 Å². The van der Waals surface area contributed by atoms with Crippen LogP contribution in [0.5, 0.6) is 0 Å². The smallest absolute Gasteiger partial charge is 0.361 e. The van der Waals surface area contributed by atoms with Crippen molar-refractivity contribution in [3.05, 3.63) is 59.7 Å². The Morgan fingerprint density at radius 3 is 2.15 bits per heavy atom. The summed E-state index contributed by atoms with van der Waals surface area (Å²) in [6, 6.07) is 11.6. The Morgan fingerprint density at radius 1 is 1.11 bits per heavy atom. The van der Waals surface area contributed by atoms with Gasteiger partial charge in [0.25, 0.3) is 5.72 Å². The summed E-state index contributed by atoms with van der Waals surface area (Å²) in [5, 5.41) is 15.1. The molecule has 0 bridgehead atoms. The molecule has 0 saturated heterocycles. The molecule has 1 unspecified atom stereocenters. The summed E-state index contributed by atoms with van der Waals surface area (Å²) in [6.07, 6.45) is -4.97. The van der Waals surface area contributed by atoms with Crippen LogP contribution >= 0.6 is 0 Å². The monoisotopic (exact) mass is 399 g/mol. The fourth-order valence-corrected chi connectivity index (χ4v) is 3.19. The Kier molecular flexibility index (Phi) is 4.53. The van der Waals surface area contributed by atoms with E-state index in [0.717, 1.165) is 5.56 Å². The summed E-state index contributed by atoms with van der Waals surface area (Å²) in [5.74, 6) is -0.125. The molecule has 1 aliphatic heterocycles. The maximum Gasteiger partial charge on any atom is 0.440 e. The highest BCUT2D eigenvalue weighted by Crippen LogP contribution is 2.38. The number of aliphatic hydroxyl groups is 1. The quantitative estimate of drug-likeness (QED) is 0.827. The van der Waals surface area contributed by atoms with Gasteiger partial charge in [0.05, 0.1) is 11.4 Å². The first-order chi connectivity index (χ1) is 12.4. The van der Waals surface area contributed by atoms with Crippen molar-refractivity contribution < 1.29 is 26.7 Å². The summed E-state index contributed by atoms with van der Waals surface area (Å²) in [4.78, 5) is 4.58. The summed E-state index contributed by atoms with van der Waals surface area (Å²) in [6.45, 7) is 1.02. The zero-order valence-corrected chi connectivity index (χ0v) is 14.9. The maximum atomic E-state index is 13.3. The first-order valence-electron chi connectivity index (χ1n) is 7.77. The number of rotatable bonds is 3. The molecule has 0 fully saturated rings. The number of hydrogen-bond donors (Lipinski definition) is 2. The van der Waals surface area contributed by atoms with E-state index in [9.17, 15) is 26.7 Å². The summed E-state index contributed by atoms with van der Waals surface area (Å²) in [5.41, 5.74) is -1.73. The van der Waals surface area contributed by atoms with Gasteiger partial charge < -0.3 is 10.0 Å². The number of alkyl halides is 3. The van der Waals surface area contributed by atoms with Crippen LogP contribution in [0.15, 0.2) is 58.4 Å². The molecule has 10 heteroatoms. The molecular formula is C17H16F3N3O3S. The van der Waals surface area contributed by atoms with Crippen molar-refractivity contribution in [3.63, 3.8) is 0 Å². The maximum absolute atomic E-state index is 13.3. The zero-order chi connectivity index (χ0) is 20.0. The summed E-state index contributed by atoms with van der Waals surface area (Å²) in [7, 11) is -3.94. The summed E-state index contributed by atoms with van der Waals surface area (Å²) < 4.78 is 62.7. The second-order valence-electron chi connectivity index (χ2n) is 6.24. The average molecular weight is 399 g/mol. The summed E-state index contributed by atoms with van der Waals surface area (Å²) >= 11 is 0. The van der Waals surface area contributed by atoms with Crippen molar-refractivity contribution in [2.75, 3.05) is 11.4 Å². The molecule has 0 saturated carbocycles. The SMILES string of the molecule is Cc1ccc(N2CC(O)(C(F)(F)F)N=C2c2ccc(S(N)(=O)=O)cc2)cc1. The molecule has 1 atom stereocenters. The lowest BCUT2D eigenvalue weighted by Crippen LogP contribution is -2.47. The van der Waals surface area contributed by atoms with Gasteiger partial charge in [-0.15, -0.1) is 0 Å². The van der Waals surface area contributed by atoms with Crippen LogP contribution in [-0.4, -0.2) is 37.8 Å². The average Bonchev–Trinajstić information content (AvgIpc) is 2.94. The van der Waals surface area contributed by atoms with Gasteiger partial charge in [-0.1, -0.05) is 17.7 Å². The number of aliphatic imine (C=N–C) groups is 1. The van der Waals surface area contributed by atoms with Gasteiger partial charge in [0.2, 0.25) is 10.0 Å². The Balaban J connectivity index is 2.09. The Morgan fingerprint density at radius 2 is 1.67 bits per heavy atom. The molecule has 3 rings (SSSR count). The van der Waals surface area contributed by atoms with E-state index in [1.54, 1.807) is 24.3 Å². The topological polar surface area (TPSA) is 96.0 Å². The zero-order valence-electron chi connectivity index (χ0n) is 14.1. The predicted molar refractivity (Wildman–Crippen MR) is 93.9 cm³/mol. The van der Waals surface area contributed by atoms with Gasteiger partial charge in [-0.3, -0.25) is 0 Å². The molecule has 0 aliphatic carbocycles. The Bertz CT molecular complexity index is 987. The fraction of sp³-hybridized carbons (Fsp3) is 0.235. The van der Waals surface area contributed by atoms with Gasteiger partial charge in [-0.05, 0) is 43.3 Å². The highest BCUT2D eigenvalue weighted by atomic mass is 32.2. The Hall–Kier alpha value is -2.43. The number of anilines is 1. The first kappa shape index (κ1) is 19.3. The molecule has 2 aromatic rings. The minimum atomic E-state index is -4.97. The molecule has 0 radical (unpaired) electrons. The molecule has 27 heavy (non-hydrogen) atoms. The third-order valence-electron chi connectivity index (χ3n) is 4.17. The fourth-order valence-electron chi connectivity index (χ4n) is 2.67. The van der Waals surface area contributed by atoms with Crippen LogP contribution in [0.1, 0.15) is 11.1 Å². The number of nitrogens with two attached hydrogens (primary N) is 1. The minimum Gasteiger partial charge on any atom is -0.361 e. The van der Waals surface area contributed by atoms with Crippen LogP contribution in [-0.2, 0) is 10.0 Å². The number of aryl methyl sites for hydroxylation is 1. The molecule has 3 N–H and O–H groups in total. The number of halogens is 3. The number of amidine groups is 1. The van der Waals surface area contributed by atoms with E-state index in [1.165, 1.54) is 29.2 Å². The second-order valence-corrected chi connectivity index (χ2v) is 7.80. The van der Waals surface area contributed by atoms with E-state index >= 15 is 0 Å². The lowest BCUT2D eigenvalue weighted by molar-refractivity contribution is -0.249. The van der Waals surface area contributed by atoms with Crippen molar-refractivity contribution >= 4 is 21.5 Å². The molecule has 1 aliphatic rings. The van der Waals surface area contributed by atoms with Crippen molar-refractivity contribution in [3.8, 4) is 0 Å². The number of β-amino-alcohol motifs (C(OH)–C–C–N with tert-alkyl or cyclic N) is 1. The number of hydrogen-bond acceptors (Lipinski definition) is 5. The van der Waals surface area contributed by atoms with E-state index in [2.05, 4.69) is 4.99 Å². The largest absolute Gasteiger partial charge is 0.440 e. The number of sulfonamides is 1. The third kappa shape index (κ3) is 3.68. The minimum absolute atomic E-state index is 0.125. The van der Waals surface area contributed by atoms with Crippen molar-refractivity contribution in [1.82, 2.24) is 0 Å².